The van der Waals surface area contributed by atoms with Crippen molar-refractivity contribution in [3.8, 4) is 0 Å². The molecule has 0 aromatic carbocycles. The second-order valence-electron chi connectivity index (χ2n) is 2.96. The van der Waals surface area contributed by atoms with Crippen LogP contribution in [0.5, 0.6) is 0 Å². The number of esters is 1. The third-order valence-corrected chi connectivity index (χ3v) is 1.80. The van der Waals surface area contributed by atoms with E-state index in [1.807, 2.05) is 0 Å². The molecule has 1 aromatic rings. The molecule has 2 N–H and O–H groups in total. The quantitative estimate of drug-likeness (QED) is 0.433. The minimum atomic E-state index is -0.563. The molecule has 88 valence electrons. The molecule has 0 unspecified atom stereocenters. The number of hydrogen-bond donors (Lipinski definition) is 2. The molecule has 0 aliphatic rings. The van der Waals surface area contributed by atoms with Crippen LogP contribution in [0.2, 0.25) is 0 Å². The number of H-pyrrole nitrogens is 1. The molecule has 0 fully saturated rings. The van der Waals surface area contributed by atoms with Crippen molar-refractivity contribution < 1.29 is 14.5 Å². The second kappa shape index (κ2) is 5.10. The fourth-order valence-corrected chi connectivity index (χ4v) is 1.14. The van der Waals surface area contributed by atoms with Crippen LogP contribution in [-0.4, -0.2) is 34.2 Å². The predicted octanol–water partition coefficient (Wildman–Crippen LogP) is 0.601. The van der Waals surface area contributed by atoms with Crippen molar-refractivity contribution in [1.82, 2.24) is 10.2 Å². The summed E-state index contributed by atoms with van der Waals surface area (Å²) in [6.45, 7) is 3.32. The maximum absolute atomic E-state index is 11.0. The third-order valence-electron chi connectivity index (χ3n) is 1.80. The average Bonchev–Trinajstić information content (AvgIpc) is 2.57. The van der Waals surface area contributed by atoms with Gasteiger partial charge in [-0.2, -0.15) is 5.10 Å². The molecule has 8 heteroatoms. The highest BCUT2D eigenvalue weighted by atomic mass is 16.6. The van der Waals surface area contributed by atoms with E-state index in [0.717, 1.165) is 0 Å². The summed E-state index contributed by atoms with van der Waals surface area (Å²) in [5.74, 6) is -0.451. The SMILES string of the molecule is CCOC(=O)CNc1n[nH]c(C)c1[N+](=O)[O-]. The van der Waals surface area contributed by atoms with E-state index in [1.165, 1.54) is 6.92 Å². The minimum absolute atomic E-state index is 0.0375. The predicted molar refractivity (Wildman–Crippen MR) is 55.1 cm³/mol. The first kappa shape index (κ1) is 12.0. The maximum atomic E-state index is 11.0. The van der Waals surface area contributed by atoms with Gasteiger partial charge in [-0.15, -0.1) is 0 Å². The van der Waals surface area contributed by atoms with E-state index in [-0.39, 0.29) is 24.7 Å². The lowest BCUT2D eigenvalue weighted by atomic mass is 10.4. The Kier molecular flexibility index (Phi) is 3.81. The Morgan fingerprint density at radius 2 is 2.38 bits per heavy atom. The number of hydrogen-bond acceptors (Lipinski definition) is 6. The first-order valence-electron chi connectivity index (χ1n) is 4.65. The van der Waals surface area contributed by atoms with Gasteiger partial charge in [0.15, 0.2) is 0 Å². The molecule has 1 aromatic heterocycles. The van der Waals surface area contributed by atoms with Gasteiger partial charge < -0.3 is 10.1 Å². The number of carbonyl (C=O) groups excluding carboxylic acids is 1. The molecule has 0 radical (unpaired) electrons. The molecule has 0 amide bonds. The van der Waals surface area contributed by atoms with Crippen LogP contribution in [0.4, 0.5) is 11.5 Å². The van der Waals surface area contributed by atoms with Crippen LogP contribution in [0.25, 0.3) is 0 Å². The lowest BCUT2D eigenvalue weighted by Crippen LogP contribution is -2.17. The minimum Gasteiger partial charge on any atom is -0.465 e. The molecule has 0 aliphatic carbocycles. The highest BCUT2D eigenvalue weighted by molar-refractivity contribution is 5.75. The summed E-state index contributed by atoms with van der Waals surface area (Å²) in [7, 11) is 0. The normalized spacial score (nSPS) is 9.88. The van der Waals surface area contributed by atoms with Gasteiger partial charge >= 0.3 is 11.7 Å². The Morgan fingerprint density at radius 3 is 2.94 bits per heavy atom. The van der Waals surface area contributed by atoms with E-state index in [0.29, 0.717) is 5.69 Å². The van der Waals surface area contributed by atoms with Crippen molar-refractivity contribution in [3.05, 3.63) is 15.8 Å². The maximum Gasteiger partial charge on any atom is 0.333 e. The number of ether oxygens (including phenoxy) is 1. The molecule has 0 saturated heterocycles. The molecule has 0 bridgehead atoms. The van der Waals surface area contributed by atoms with Crippen LogP contribution in [0, 0.1) is 17.0 Å². The summed E-state index contributed by atoms with van der Waals surface area (Å²) in [5.41, 5.74) is 0.167. The molecule has 1 heterocycles. The summed E-state index contributed by atoms with van der Waals surface area (Å²) in [6.07, 6.45) is 0. The molecular weight excluding hydrogens is 216 g/mol. The number of aromatic amines is 1. The number of nitro groups is 1. The van der Waals surface area contributed by atoms with Gasteiger partial charge in [-0.1, -0.05) is 0 Å². The Hall–Kier alpha value is -2.12. The third kappa shape index (κ3) is 2.69. The van der Waals surface area contributed by atoms with Crippen molar-refractivity contribution in [2.75, 3.05) is 18.5 Å². The number of anilines is 1. The first-order chi connectivity index (χ1) is 7.56. The Bertz CT molecular complexity index is 401. The van der Waals surface area contributed by atoms with Crippen molar-refractivity contribution in [3.63, 3.8) is 0 Å². The van der Waals surface area contributed by atoms with Crippen LogP contribution in [-0.2, 0) is 9.53 Å². The highest BCUT2D eigenvalue weighted by Crippen LogP contribution is 2.24. The first-order valence-corrected chi connectivity index (χ1v) is 4.65. The van der Waals surface area contributed by atoms with E-state index in [2.05, 4.69) is 20.3 Å². The summed E-state index contributed by atoms with van der Waals surface area (Å²) in [5, 5.41) is 19.4. The summed E-state index contributed by atoms with van der Waals surface area (Å²) < 4.78 is 4.66. The monoisotopic (exact) mass is 228 g/mol. The van der Waals surface area contributed by atoms with E-state index in [1.54, 1.807) is 6.92 Å². The Balaban J connectivity index is 2.67. The topological polar surface area (TPSA) is 110 Å². The van der Waals surface area contributed by atoms with Crippen LogP contribution in [0.3, 0.4) is 0 Å². The van der Waals surface area contributed by atoms with Gasteiger partial charge in [-0.25, -0.2) is 0 Å². The Morgan fingerprint density at radius 1 is 1.69 bits per heavy atom. The highest BCUT2D eigenvalue weighted by Gasteiger charge is 2.21. The smallest absolute Gasteiger partial charge is 0.333 e. The van der Waals surface area contributed by atoms with E-state index < -0.39 is 10.9 Å². The van der Waals surface area contributed by atoms with Crippen molar-refractivity contribution in [2.45, 2.75) is 13.8 Å². The average molecular weight is 228 g/mol. The van der Waals surface area contributed by atoms with Crippen molar-refractivity contribution in [1.29, 1.82) is 0 Å². The molecule has 0 saturated carbocycles. The largest absolute Gasteiger partial charge is 0.465 e. The van der Waals surface area contributed by atoms with E-state index in [4.69, 9.17) is 0 Å². The summed E-state index contributed by atoms with van der Waals surface area (Å²) in [4.78, 5) is 21.1. The van der Waals surface area contributed by atoms with Gasteiger partial charge in [0, 0.05) is 0 Å². The van der Waals surface area contributed by atoms with Gasteiger partial charge in [-0.3, -0.25) is 20.0 Å². The van der Waals surface area contributed by atoms with Crippen molar-refractivity contribution in [2.24, 2.45) is 0 Å². The zero-order valence-corrected chi connectivity index (χ0v) is 8.94. The lowest BCUT2D eigenvalue weighted by Gasteiger charge is -2.02. The lowest BCUT2D eigenvalue weighted by molar-refractivity contribution is -0.384. The fourth-order valence-electron chi connectivity index (χ4n) is 1.14. The molecule has 8 nitrogen and oxygen atoms in total. The number of aryl methyl sites for hydroxylation is 1. The Labute approximate surface area is 91.1 Å². The van der Waals surface area contributed by atoms with Crippen LogP contribution < -0.4 is 5.32 Å². The number of nitrogens with zero attached hydrogens (tertiary/aromatic N) is 2. The van der Waals surface area contributed by atoms with E-state index >= 15 is 0 Å². The van der Waals surface area contributed by atoms with Crippen LogP contribution in [0.15, 0.2) is 0 Å². The summed E-state index contributed by atoms with van der Waals surface area (Å²) in [6, 6.07) is 0. The van der Waals surface area contributed by atoms with Gasteiger partial charge in [0.05, 0.1) is 11.5 Å². The molecule has 0 spiro atoms. The molecule has 0 aliphatic heterocycles. The van der Waals surface area contributed by atoms with Gasteiger partial charge in [0.1, 0.15) is 12.2 Å². The molecule has 1 rings (SSSR count). The zero-order valence-electron chi connectivity index (χ0n) is 8.94. The van der Waals surface area contributed by atoms with Crippen LogP contribution >= 0.6 is 0 Å². The van der Waals surface area contributed by atoms with Crippen molar-refractivity contribution >= 4 is 17.5 Å². The second-order valence-corrected chi connectivity index (χ2v) is 2.96. The molecular formula is C8H12N4O4. The number of rotatable bonds is 5. The number of aromatic nitrogens is 2. The van der Waals surface area contributed by atoms with Gasteiger partial charge in [0.2, 0.25) is 5.82 Å². The molecule has 16 heavy (non-hydrogen) atoms. The standard InChI is InChI=1S/C8H12N4O4/c1-3-16-6(13)4-9-8-7(12(14)15)5(2)10-11-8/h3-4H2,1-2H3,(H2,9,10,11). The summed E-state index contributed by atoms with van der Waals surface area (Å²) >= 11 is 0. The van der Waals surface area contributed by atoms with Gasteiger partial charge in [0.25, 0.3) is 0 Å². The number of carbonyl (C=O) groups is 1. The molecule has 0 atom stereocenters. The van der Waals surface area contributed by atoms with Gasteiger partial charge in [-0.05, 0) is 13.8 Å². The zero-order chi connectivity index (χ0) is 12.1. The number of nitrogens with one attached hydrogen (secondary N) is 2. The van der Waals surface area contributed by atoms with Crippen LogP contribution in [0.1, 0.15) is 12.6 Å². The fraction of sp³-hybridized carbons (Fsp3) is 0.500. The van der Waals surface area contributed by atoms with E-state index in [9.17, 15) is 14.9 Å².